The highest BCUT2D eigenvalue weighted by Gasteiger charge is 2.39. The Hall–Kier alpha value is -4.97. The summed E-state index contributed by atoms with van der Waals surface area (Å²) in [5, 5.41) is 30.0. The number of benzene rings is 2. The van der Waals surface area contributed by atoms with Crippen LogP contribution in [-0.2, 0) is 21.0 Å². The van der Waals surface area contributed by atoms with Crippen molar-refractivity contribution in [2.24, 2.45) is 5.92 Å². The molecule has 1 fully saturated rings. The van der Waals surface area contributed by atoms with Crippen molar-refractivity contribution >= 4 is 34.7 Å². The minimum atomic E-state index is -5.08. The molecule has 18 heteroatoms. The number of amides is 2. The molecule has 4 rings (SSSR count). The monoisotopic (exact) mass is 648 g/mol. The molecule has 0 unspecified atom stereocenters. The number of carboxylic acids is 2. The number of nitrogens with one attached hydrogen (secondary N) is 3. The van der Waals surface area contributed by atoms with Gasteiger partial charge in [0.15, 0.2) is 0 Å². The molecular formula is C27H26F6N4O8. The molecule has 244 valence electrons. The number of halogens is 6. The summed E-state index contributed by atoms with van der Waals surface area (Å²) in [6, 6.07) is 16.4. The zero-order valence-electron chi connectivity index (χ0n) is 23.1. The minimum Gasteiger partial charge on any atom is -0.489 e. The number of carbonyl (C=O) groups excluding carboxylic acids is 2. The Labute approximate surface area is 250 Å². The summed E-state index contributed by atoms with van der Waals surface area (Å²) in [6.07, 6.45) is -10.2. The van der Waals surface area contributed by atoms with Crippen molar-refractivity contribution in [3.05, 3.63) is 71.4 Å². The third kappa shape index (κ3) is 11.2. The normalized spacial score (nSPS) is 15.9. The third-order valence-corrected chi connectivity index (χ3v) is 5.90. The predicted molar refractivity (Wildman–Crippen MR) is 142 cm³/mol. The molecule has 12 nitrogen and oxygen atoms in total. The second-order valence-electron chi connectivity index (χ2n) is 9.18. The van der Waals surface area contributed by atoms with Gasteiger partial charge in [-0.1, -0.05) is 18.2 Å². The molecule has 0 saturated carbocycles. The van der Waals surface area contributed by atoms with Crippen LogP contribution in [0.4, 0.5) is 26.3 Å². The van der Waals surface area contributed by atoms with Crippen LogP contribution in [0.15, 0.2) is 54.6 Å². The number of hydrogen-bond donors (Lipinski definition) is 6. The maximum Gasteiger partial charge on any atom is 0.490 e. The largest absolute Gasteiger partial charge is 0.490 e. The van der Waals surface area contributed by atoms with Crippen LogP contribution >= 0.6 is 0 Å². The predicted octanol–water partition coefficient (Wildman–Crippen LogP) is 3.21. The van der Waals surface area contributed by atoms with Gasteiger partial charge in [0.1, 0.15) is 12.4 Å². The number of carbonyl (C=O) groups is 4. The molecule has 1 saturated heterocycles. The molecule has 2 aromatic carbocycles. The zero-order valence-corrected chi connectivity index (χ0v) is 23.1. The van der Waals surface area contributed by atoms with E-state index >= 15 is 0 Å². The second-order valence-corrected chi connectivity index (χ2v) is 9.18. The van der Waals surface area contributed by atoms with E-state index in [0.29, 0.717) is 31.0 Å². The Balaban J connectivity index is 0.000000421. The highest BCUT2D eigenvalue weighted by atomic mass is 19.4. The van der Waals surface area contributed by atoms with E-state index in [-0.39, 0.29) is 5.91 Å². The van der Waals surface area contributed by atoms with E-state index in [9.17, 15) is 35.9 Å². The Kier molecular flexibility index (Phi) is 12.6. The van der Waals surface area contributed by atoms with Gasteiger partial charge in [-0.2, -0.15) is 26.3 Å². The fourth-order valence-corrected chi connectivity index (χ4v) is 3.82. The summed E-state index contributed by atoms with van der Waals surface area (Å²) in [5.74, 6) is -6.19. The van der Waals surface area contributed by atoms with Crippen LogP contribution in [0.25, 0.3) is 10.9 Å². The van der Waals surface area contributed by atoms with Gasteiger partial charge in [0.2, 0.25) is 5.91 Å². The Morgan fingerprint density at radius 1 is 0.933 bits per heavy atom. The summed E-state index contributed by atoms with van der Waals surface area (Å²) < 4.78 is 69.4. The standard InChI is InChI=1S/C23H24N4O4.2C2HF3O2/c1-14-10-16(18-4-2-3-5-20(18)25-14)13-31-17-8-6-15(7-9-17)22(28)26-21-12-24-11-19(21)23(29)27-30;2*3-2(4,5)1(6)7/h2-10,19,21,24,30H,11-13H2,1H3,(H,26,28)(H,27,29);2*(H,6,7)/t19-,21-;;/m0../s1. The van der Waals surface area contributed by atoms with Gasteiger partial charge >= 0.3 is 24.3 Å². The van der Waals surface area contributed by atoms with Crippen LogP contribution in [0.1, 0.15) is 21.6 Å². The lowest BCUT2D eigenvalue weighted by Crippen LogP contribution is -2.45. The molecule has 1 aromatic heterocycles. The first-order valence-electron chi connectivity index (χ1n) is 12.6. The number of pyridine rings is 1. The van der Waals surface area contributed by atoms with Gasteiger partial charge in [-0.25, -0.2) is 15.1 Å². The number of alkyl halides is 6. The summed E-state index contributed by atoms with van der Waals surface area (Å²) >= 11 is 0. The highest BCUT2D eigenvalue weighted by Crippen LogP contribution is 2.21. The van der Waals surface area contributed by atoms with Crippen LogP contribution < -0.4 is 20.9 Å². The van der Waals surface area contributed by atoms with E-state index in [1.54, 1.807) is 29.7 Å². The molecule has 6 N–H and O–H groups in total. The van der Waals surface area contributed by atoms with Crippen LogP contribution in [0, 0.1) is 12.8 Å². The van der Waals surface area contributed by atoms with Crippen LogP contribution in [0.3, 0.4) is 0 Å². The molecule has 1 aliphatic heterocycles. The number of hydrogen-bond acceptors (Lipinski definition) is 8. The Morgan fingerprint density at radius 2 is 1.49 bits per heavy atom. The van der Waals surface area contributed by atoms with Crippen LogP contribution in [-0.4, -0.2) is 75.6 Å². The molecule has 45 heavy (non-hydrogen) atoms. The molecule has 0 aliphatic carbocycles. The topological polar surface area (TPSA) is 187 Å². The number of aromatic nitrogens is 1. The second kappa shape index (κ2) is 15.7. The van der Waals surface area contributed by atoms with Gasteiger partial charge in [0.05, 0.1) is 17.5 Å². The Bertz CT molecular complexity index is 1480. The van der Waals surface area contributed by atoms with E-state index in [1.165, 1.54) is 0 Å². The maximum atomic E-state index is 12.6. The first kappa shape index (κ1) is 36.2. The van der Waals surface area contributed by atoms with E-state index in [0.717, 1.165) is 22.2 Å². The van der Waals surface area contributed by atoms with Crippen molar-refractivity contribution in [2.75, 3.05) is 13.1 Å². The maximum absolute atomic E-state index is 12.6. The van der Waals surface area contributed by atoms with Crippen LogP contribution in [0.2, 0.25) is 0 Å². The summed E-state index contributed by atoms with van der Waals surface area (Å²) in [4.78, 5) is 46.6. The molecular weight excluding hydrogens is 622 g/mol. The van der Waals surface area contributed by atoms with Gasteiger partial charge in [-0.05, 0) is 43.3 Å². The van der Waals surface area contributed by atoms with E-state index in [2.05, 4.69) is 15.6 Å². The van der Waals surface area contributed by atoms with Gasteiger partial charge in [-0.15, -0.1) is 0 Å². The number of hydroxylamine groups is 1. The lowest BCUT2D eigenvalue weighted by Gasteiger charge is -2.18. The molecule has 3 aromatic rings. The molecule has 1 aliphatic rings. The molecule has 0 bridgehead atoms. The first-order chi connectivity index (χ1) is 20.9. The molecule has 2 heterocycles. The average molecular weight is 649 g/mol. The summed E-state index contributed by atoms with van der Waals surface area (Å²) in [7, 11) is 0. The fourth-order valence-electron chi connectivity index (χ4n) is 3.82. The number of aliphatic carboxylic acids is 2. The highest BCUT2D eigenvalue weighted by molar-refractivity contribution is 5.95. The van der Waals surface area contributed by atoms with Gasteiger partial charge in [0.25, 0.3) is 5.91 Å². The van der Waals surface area contributed by atoms with Crippen molar-refractivity contribution in [1.29, 1.82) is 0 Å². The lowest BCUT2D eigenvalue weighted by atomic mass is 10.0. The van der Waals surface area contributed by atoms with E-state index in [4.69, 9.17) is 29.7 Å². The van der Waals surface area contributed by atoms with E-state index < -0.39 is 42.2 Å². The number of carboxylic acid groups (broad SMARTS) is 2. The van der Waals surface area contributed by atoms with Crippen molar-refractivity contribution in [3.63, 3.8) is 0 Å². The van der Waals surface area contributed by atoms with E-state index in [1.807, 2.05) is 37.3 Å². The van der Waals surface area contributed by atoms with Crippen molar-refractivity contribution in [2.45, 2.75) is 31.9 Å². The quantitative estimate of drug-likeness (QED) is 0.132. The number of rotatable bonds is 6. The third-order valence-electron chi connectivity index (χ3n) is 5.90. The van der Waals surface area contributed by atoms with Crippen LogP contribution in [0.5, 0.6) is 5.75 Å². The fraction of sp³-hybridized carbons (Fsp3) is 0.296. The SMILES string of the molecule is Cc1cc(COc2ccc(C(=O)N[C@H]3CNC[C@@H]3C(=O)NO)cc2)c2ccccc2n1.O=C(O)C(F)(F)F.O=C(O)C(F)(F)F. The molecule has 0 radical (unpaired) electrons. The molecule has 0 spiro atoms. The zero-order chi connectivity index (χ0) is 33.9. The van der Waals surface area contributed by atoms with Crippen molar-refractivity contribution in [3.8, 4) is 5.75 Å². The minimum absolute atomic E-state index is 0.285. The average Bonchev–Trinajstić information content (AvgIpc) is 3.43. The summed E-state index contributed by atoms with van der Waals surface area (Å²) in [5.41, 5.74) is 5.02. The van der Waals surface area contributed by atoms with Crippen molar-refractivity contribution in [1.82, 2.24) is 21.1 Å². The summed E-state index contributed by atoms with van der Waals surface area (Å²) in [6.45, 7) is 3.21. The number of nitrogens with zero attached hydrogens (tertiary/aromatic N) is 1. The number of ether oxygens (including phenoxy) is 1. The van der Waals surface area contributed by atoms with Gasteiger partial charge in [-0.3, -0.25) is 19.8 Å². The smallest absolute Gasteiger partial charge is 0.489 e. The van der Waals surface area contributed by atoms with Crippen molar-refractivity contribution < 1.29 is 65.7 Å². The molecule has 2 amide bonds. The number of para-hydroxylation sites is 1. The molecule has 2 atom stereocenters. The van der Waals surface area contributed by atoms with Gasteiger partial charge in [0, 0.05) is 35.3 Å². The van der Waals surface area contributed by atoms with Gasteiger partial charge < -0.3 is 25.6 Å². The number of aryl methyl sites for hydroxylation is 1. The Morgan fingerprint density at radius 3 is 2.02 bits per heavy atom. The lowest BCUT2D eigenvalue weighted by molar-refractivity contribution is -0.193. The first-order valence-corrected chi connectivity index (χ1v) is 12.6. The number of fused-ring (bicyclic) bond motifs is 1.